The third kappa shape index (κ3) is 2.46. The van der Waals surface area contributed by atoms with Crippen LogP contribution in [0.2, 0.25) is 0 Å². The Morgan fingerprint density at radius 2 is 1.90 bits per heavy atom. The summed E-state index contributed by atoms with van der Waals surface area (Å²) in [6.07, 6.45) is 1.21. The van der Waals surface area contributed by atoms with Gasteiger partial charge in [-0.2, -0.15) is 9.40 Å². The summed E-state index contributed by atoms with van der Waals surface area (Å²) in [6.45, 7) is 1.28. The van der Waals surface area contributed by atoms with E-state index in [1.165, 1.54) is 22.7 Å². The molecule has 0 bridgehead atoms. The Morgan fingerprint density at radius 3 is 2.55 bits per heavy atom. The molecule has 0 spiro atoms. The van der Waals surface area contributed by atoms with Gasteiger partial charge in [0.2, 0.25) is 10.0 Å². The van der Waals surface area contributed by atoms with Gasteiger partial charge in [-0.05, 0) is 30.3 Å². The predicted octanol–water partition coefficient (Wildman–Crippen LogP) is 1.46. The van der Waals surface area contributed by atoms with Crippen molar-refractivity contribution in [3.05, 3.63) is 41.8 Å². The number of fused-ring (bicyclic) bond motifs is 1. The average Bonchev–Trinajstić information content (AvgIpc) is 2.81. The number of sulfonamides is 1. The van der Waals surface area contributed by atoms with Crippen LogP contribution >= 0.6 is 0 Å². The second-order valence-corrected chi connectivity index (χ2v) is 6.83. The first kappa shape index (κ1) is 13.3. The molecule has 0 aliphatic carbocycles. The van der Waals surface area contributed by atoms with E-state index in [2.05, 4.69) is 5.10 Å². The van der Waals surface area contributed by atoms with E-state index < -0.39 is 10.0 Å². The van der Waals surface area contributed by atoms with Gasteiger partial charge in [0.25, 0.3) is 0 Å². The van der Waals surface area contributed by atoms with Crippen LogP contribution in [0.5, 0.6) is 0 Å². The lowest BCUT2D eigenvalue weighted by Crippen LogP contribution is -2.37. The Bertz CT molecular complexity index is 737. The maximum atomic E-state index is 12.9. The molecule has 7 heteroatoms. The van der Waals surface area contributed by atoms with Crippen LogP contribution in [0.15, 0.2) is 30.3 Å². The Morgan fingerprint density at radius 1 is 1.20 bits per heavy atom. The maximum absolute atomic E-state index is 12.9. The Labute approximate surface area is 116 Å². The molecule has 1 aliphatic rings. The molecule has 1 aromatic heterocycles. The van der Waals surface area contributed by atoms with E-state index >= 15 is 0 Å². The van der Waals surface area contributed by atoms with Crippen LogP contribution < -0.4 is 0 Å². The first-order valence-electron chi connectivity index (χ1n) is 6.21. The second-order valence-electron chi connectivity index (χ2n) is 4.85. The molecule has 0 amide bonds. The molecule has 0 unspecified atom stereocenters. The quantitative estimate of drug-likeness (QED) is 0.843. The van der Waals surface area contributed by atoms with Crippen molar-refractivity contribution in [2.24, 2.45) is 0 Å². The summed E-state index contributed by atoms with van der Waals surface area (Å²) in [4.78, 5) is 0. The summed E-state index contributed by atoms with van der Waals surface area (Å²) >= 11 is 0. The van der Waals surface area contributed by atoms with E-state index in [-0.39, 0.29) is 5.82 Å². The van der Waals surface area contributed by atoms with Gasteiger partial charge >= 0.3 is 0 Å². The number of aromatic nitrogens is 2. The smallest absolute Gasteiger partial charge is 0.211 e. The third-order valence-electron chi connectivity index (χ3n) is 3.37. The first-order valence-corrected chi connectivity index (χ1v) is 8.06. The van der Waals surface area contributed by atoms with E-state index in [0.29, 0.717) is 19.6 Å². The highest BCUT2D eigenvalue weighted by Gasteiger charge is 2.24. The highest BCUT2D eigenvalue weighted by atomic mass is 32.2. The van der Waals surface area contributed by atoms with E-state index in [9.17, 15) is 12.8 Å². The maximum Gasteiger partial charge on any atom is 0.211 e. The fraction of sp³-hybridized carbons (Fsp3) is 0.308. The second kappa shape index (κ2) is 4.68. The molecule has 5 nitrogen and oxygen atoms in total. The summed E-state index contributed by atoms with van der Waals surface area (Å²) in [5.41, 5.74) is 2.40. The molecular weight excluding hydrogens is 281 g/mol. The zero-order valence-electron chi connectivity index (χ0n) is 11.0. The standard InChI is InChI=1S/C13H14FN3O2S/c1-20(18,19)16-6-7-17-12(9-16)8-13(15-17)10-2-4-11(14)5-3-10/h2-5,8H,6-7,9H2,1H3. The zero-order valence-corrected chi connectivity index (χ0v) is 11.8. The van der Waals surface area contributed by atoms with Gasteiger partial charge in [-0.25, -0.2) is 12.8 Å². The molecule has 2 aromatic rings. The van der Waals surface area contributed by atoms with Gasteiger partial charge in [-0.15, -0.1) is 0 Å². The van der Waals surface area contributed by atoms with Crippen LogP contribution in [0.4, 0.5) is 4.39 Å². The summed E-state index contributed by atoms with van der Waals surface area (Å²) in [6, 6.07) is 7.95. The van der Waals surface area contributed by atoms with Crippen molar-refractivity contribution >= 4 is 10.0 Å². The summed E-state index contributed by atoms with van der Waals surface area (Å²) in [5.74, 6) is -0.291. The Balaban J connectivity index is 1.92. The van der Waals surface area contributed by atoms with Crippen molar-refractivity contribution in [1.82, 2.24) is 14.1 Å². The molecule has 0 atom stereocenters. The van der Waals surface area contributed by atoms with Gasteiger partial charge in [0.15, 0.2) is 0 Å². The molecule has 0 radical (unpaired) electrons. The average molecular weight is 295 g/mol. The molecule has 0 N–H and O–H groups in total. The minimum atomic E-state index is -3.19. The van der Waals surface area contributed by atoms with Gasteiger partial charge in [-0.1, -0.05) is 0 Å². The number of hydrogen-bond acceptors (Lipinski definition) is 3. The van der Waals surface area contributed by atoms with Crippen LogP contribution in [0.3, 0.4) is 0 Å². The molecule has 106 valence electrons. The van der Waals surface area contributed by atoms with E-state index in [4.69, 9.17) is 0 Å². The van der Waals surface area contributed by atoms with Crippen molar-refractivity contribution in [2.75, 3.05) is 12.8 Å². The number of benzene rings is 1. The largest absolute Gasteiger partial charge is 0.266 e. The number of halogens is 1. The minimum Gasteiger partial charge on any atom is -0.266 e. The summed E-state index contributed by atoms with van der Waals surface area (Å²) in [7, 11) is -3.19. The van der Waals surface area contributed by atoms with Gasteiger partial charge in [0.05, 0.1) is 30.7 Å². The summed E-state index contributed by atoms with van der Waals surface area (Å²) < 4.78 is 39.3. The van der Waals surface area contributed by atoms with Crippen molar-refractivity contribution in [3.63, 3.8) is 0 Å². The Kier molecular flexibility index (Phi) is 3.10. The fourth-order valence-electron chi connectivity index (χ4n) is 2.29. The monoisotopic (exact) mass is 295 g/mol. The van der Waals surface area contributed by atoms with Gasteiger partial charge in [0.1, 0.15) is 5.82 Å². The SMILES string of the molecule is CS(=O)(=O)N1CCn2nc(-c3ccc(F)cc3)cc2C1. The number of nitrogens with zero attached hydrogens (tertiary/aromatic N) is 3. The molecule has 3 rings (SSSR count). The predicted molar refractivity (Wildman–Crippen MR) is 72.9 cm³/mol. The van der Waals surface area contributed by atoms with E-state index in [1.54, 1.807) is 16.8 Å². The molecule has 1 aromatic carbocycles. The molecule has 0 saturated heterocycles. The number of hydrogen-bond donors (Lipinski definition) is 0. The van der Waals surface area contributed by atoms with Crippen LogP contribution in [0.1, 0.15) is 5.69 Å². The van der Waals surface area contributed by atoms with Crippen molar-refractivity contribution in [1.29, 1.82) is 0 Å². The molecule has 0 fully saturated rings. The highest BCUT2D eigenvalue weighted by Crippen LogP contribution is 2.23. The zero-order chi connectivity index (χ0) is 14.3. The fourth-order valence-corrected chi connectivity index (χ4v) is 3.07. The molecule has 1 aliphatic heterocycles. The van der Waals surface area contributed by atoms with E-state index in [0.717, 1.165) is 17.0 Å². The van der Waals surface area contributed by atoms with Crippen LogP contribution in [-0.2, 0) is 23.1 Å². The topological polar surface area (TPSA) is 55.2 Å². The highest BCUT2D eigenvalue weighted by molar-refractivity contribution is 7.88. The van der Waals surface area contributed by atoms with Crippen LogP contribution in [-0.4, -0.2) is 35.3 Å². The normalized spacial score (nSPS) is 16.1. The van der Waals surface area contributed by atoms with Crippen LogP contribution in [0.25, 0.3) is 11.3 Å². The van der Waals surface area contributed by atoms with E-state index in [1.807, 2.05) is 6.07 Å². The molecule has 2 heterocycles. The first-order chi connectivity index (χ1) is 9.43. The molecular formula is C13H14FN3O2S. The van der Waals surface area contributed by atoms with Crippen molar-refractivity contribution < 1.29 is 12.8 Å². The Hall–Kier alpha value is -1.73. The van der Waals surface area contributed by atoms with Gasteiger partial charge < -0.3 is 0 Å². The van der Waals surface area contributed by atoms with Crippen LogP contribution in [0, 0.1) is 5.82 Å². The summed E-state index contributed by atoms with van der Waals surface area (Å²) in [5, 5.41) is 4.44. The molecule has 0 saturated carbocycles. The minimum absolute atomic E-state index is 0.291. The van der Waals surface area contributed by atoms with Gasteiger partial charge in [0, 0.05) is 12.1 Å². The molecule has 20 heavy (non-hydrogen) atoms. The van der Waals surface area contributed by atoms with Gasteiger partial charge in [-0.3, -0.25) is 4.68 Å². The third-order valence-corrected chi connectivity index (χ3v) is 4.62. The van der Waals surface area contributed by atoms with Crippen molar-refractivity contribution in [3.8, 4) is 11.3 Å². The lowest BCUT2D eigenvalue weighted by molar-refractivity contribution is 0.329. The van der Waals surface area contributed by atoms with Crippen molar-refractivity contribution in [2.45, 2.75) is 13.1 Å². The lowest BCUT2D eigenvalue weighted by Gasteiger charge is -2.25. The number of rotatable bonds is 2. The lowest BCUT2D eigenvalue weighted by atomic mass is 10.1.